The highest BCUT2D eigenvalue weighted by molar-refractivity contribution is 14.1. The fourth-order valence-electron chi connectivity index (χ4n) is 1.49. The molecular weight excluding hydrogens is 265 g/mol. The van der Waals surface area contributed by atoms with Crippen LogP contribution in [-0.4, -0.2) is 21.9 Å². The van der Waals surface area contributed by atoms with Crippen LogP contribution < -0.4 is 0 Å². The van der Waals surface area contributed by atoms with E-state index in [4.69, 9.17) is 0 Å². The molecule has 1 aromatic rings. The van der Waals surface area contributed by atoms with Gasteiger partial charge in [-0.25, -0.2) is 9.97 Å². The SMILES string of the molecule is Cc1nc(I)c2c(n1)CN(C)C2. The minimum absolute atomic E-state index is 0.883. The van der Waals surface area contributed by atoms with Crippen LogP contribution in [0.25, 0.3) is 0 Å². The van der Waals surface area contributed by atoms with E-state index in [9.17, 15) is 0 Å². The van der Waals surface area contributed by atoms with Crippen LogP contribution in [0, 0.1) is 10.6 Å². The molecule has 0 saturated carbocycles. The van der Waals surface area contributed by atoms with Gasteiger partial charge >= 0.3 is 0 Å². The third-order valence-electron chi connectivity index (χ3n) is 2.00. The molecule has 0 aromatic carbocycles. The lowest BCUT2D eigenvalue weighted by Crippen LogP contribution is -2.07. The van der Waals surface area contributed by atoms with Gasteiger partial charge in [-0.15, -0.1) is 0 Å². The van der Waals surface area contributed by atoms with Crippen molar-refractivity contribution in [1.82, 2.24) is 14.9 Å². The topological polar surface area (TPSA) is 29.0 Å². The van der Waals surface area contributed by atoms with E-state index in [0.29, 0.717) is 0 Å². The lowest BCUT2D eigenvalue weighted by molar-refractivity contribution is 0.350. The Bertz CT molecular complexity index is 324. The Kier molecular flexibility index (Phi) is 2.04. The van der Waals surface area contributed by atoms with Gasteiger partial charge in [-0.3, -0.25) is 4.90 Å². The van der Waals surface area contributed by atoms with Gasteiger partial charge in [-0.05, 0) is 36.6 Å². The van der Waals surface area contributed by atoms with Crippen molar-refractivity contribution in [2.24, 2.45) is 0 Å². The first kappa shape index (κ1) is 8.37. The van der Waals surface area contributed by atoms with Crippen LogP contribution >= 0.6 is 22.6 Å². The molecule has 0 radical (unpaired) electrons. The average molecular weight is 275 g/mol. The summed E-state index contributed by atoms with van der Waals surface area (Å²) in [5.74, 6) is 0.883. The van der Waals surface area contributed by atoms with E-state index in [2.05, 4.69) is 44.5 Å². The Morgan fingerprint density at radius 1 is 1.33 bits per heavy atom. The number of aromatic nitrogens is 2. The van der Waals surface area contributed by atoms with E-state index in [0.717, 1.165) is 22.6 Å². The van der Waals surface area contributed by atoms with Crippen molar-refractivity contribution in [3.05, 3.63) is 20.8 Å². The Morgan fingerprint density at radius 3 is 2.83 bits per heavy atom. The molecule has 12 heavy (non-hydrogen) atoms. The van der Waals surface area contributed by atoms with Crippen LogP contribution in [0.5, 0.6) is 0 Å². The minimum atomic E-state index is 0.883. The molecule has 0 fully saturated rings. The fraction of sp³-hybridized carbons (Fsp3) is 0.500. The first-order valence-electron chi connectivity index (χ1n) is 3.87. The number of aryl methyl sites for hydroxylation is 1. The fourth-order valence-corrected chi connectivity index (χ4v) is 2.32. The molecule has 64 valence electrons. The summed E-state index contributed by atoms with van der Waals surface area (Å²) >= 11 is 2.28. The molecule has 1 aliphatic heterocycles. The lowest BCUT2D eigenvalue weighted by atomic mass is 10.3. The van der Waals surface area contributed by atoms with Crippen molar-refractivity contribution in [1.29, 1.82) is 0 Å². The van der Waals surface area contributed by atoms with Crippen LogP contribution in [0.1, 0.15) is 17.1 Å². The largest absolute Gasteiger partial charge is 0.296 e. The molecule has 0 N–H and O–H groups in total. The van der Waals surface area contributed by atoms with E-state index in [1.165, 1.54) is 11.3 Å². The first-order chi connectivity index (χ1) is 5.66. The van der Waals surface area contributed by atoms with E-state index in [1.807, 2.05) is 6.92 Å². The molecule has 0 spiro atoms. The zero-order valence-electron chi connectivity index (χ0n) is 7.13. The molecule has 2 heterocycles. The number of hydrogen-bond acceptors (Lipinski definition) is 3. The van der Waals surface area contributed by atoms with Gasteiger partial charge in [0, 0.05) is 18.7 Å². The average Bonchev–Trinajstić information content (AvgIpc) is 2.29. The molecule has 0 amide bonds. The highest BCUT2D eigenvalue weighted by Crippen LogP contribution is 2.22. The maximum Gasteiger partial charge on any atom is 0.126 e. The summed E-state index contributed by atoms with van der Waals surface area (Å²) in [5.41, 5.74) is 2.51. The second kappa shape index (κ2) is 2.92. The second-order valence-corrected chi connectivity index (χ2v) is 4.18. The van der Waals surface area contributed by atoms with Crippen LogP contribution in [-0.2, 0) is 13.1 Å². The summed E-state index contributed by atoms with van der Waals surface area (Å²) in [7, 11) is 2.10. The zero-order chi connectivity index (χ0) is 8.72. The monoisotopic (exact) mass is 275 g/mol. The van der Waals surface area contributed by atoms with Crippen molar-refractivity contribution in [2.75, 3.05) is 7.05 Å². The second-order valence-electron chi connectivity index (χ2n) is 3.16. The molecule has 0 bridgehead atoms. The molecule has 1 aliphatic rings. The molecule has 0 atom stereocenters. The Hall–Kier alpha value is -0.230. The predicted octanol–water partition coefficient (Wildman–Crippen LogP) is 1.34. The third kappa shape index (κ3) is 1.33. The Balaban J connectivity index is 2.52. The molecule has 1 aromatic heterocycles. The Labute approximate surface area is 85.3 Å². The number of fused-ring (bicyclic) bond motifs is 1. The van der Waals surface area contributed by atoms with Gasteiger partial charge < -0.3 is 0 Å². The quantitative estimate of drug-likeness (QED) is 0.528. The smallest absolute Gasteiger partial charge is 0.126 e. The third-order valence-corrected chi connectivity index (χ3v) is 2.89. The highest BCUT2D eigenvalue weighted by atomic mass is 127. The molecule has 0 saturated heterocycles. The van der Waals surface area contributed by atoms with E-state index in [1.54, 1.807) is 0 Å². The lowest BCUT2D eigenvalue weighted by Gasteiger charge is -2.02. The number of hydrogen-bond donors (Lipinski definition) is 0. The molecule has 0 unspecified atom stereocenters. The van der Waals surface area contributed by atoms with Crippen LogP contribution in [0.4, 0.5) is 0 Å². The highest BCUT2D eigenvalue weighted by Gasteiger charge is 2.20. The molecule has 4 heteroatoms. The van der Waals surface area contributed by atoms with Crippen LogP contribution in [0.3, 0.4) is 0 Å². The summed E-state index contributed by atoms with van der Waals surface area (Å²) in [4.78, 5) is 11.0. The Morgan fingerprint density at radius 2 is 2.08 bits per heavy atom. The first-order valence-corrected chi connectivity index (χ1v) is 4.95. The van der Waals surface area contributed by atoms with Crippen LogP contribution in [0.2, 0.25) is 0 Å². The minimum Gasteiger partial charge on any atom is -0.296 e. The predicted molar refractivity (Wildman–Crippen MR) is 54.7 cm³/mol. The molecule has 2 rings (SSSR count). The molecular formula is C8H10IN3. The number of nitrogens with zero attached hydrogens (tertiary/aromatic N) is 3. The summed E-state index contributed by atoms with van der Waals surface area (Å²) in [6, 6.07) is 0. The summed E-state index contributed by atoms with van der Waals surface area (Å²) in [6.45, 7) is 3.91. The van der Waals surface area contributed by atoms with Gasteiger partial charge in [0.15, 0.2) is 0 Å². The summed E-state index contributed by atoms with van der Waals surface area (Å²) in [6.07, 6.45) is 0. The summed E-state index contributed by atoms with van der Waals surface area (Å²) in [5, 5.41) is 0. The molecule has 3 nitrogen and oxygen atoms in total. The van der Waals surface area contributed by atoms with E-state index >= 15 is 0 Å². The van der Waals surface area contributed by atoms with Gasteiger partial charge in [-0.2, -0.15) is 0 Å². The van der Waals surface area contributed by atoms with E-state index in [-0.39, 0.29) is 0 Å². The van der Waals surface area contributed by atoms with Gasteiger partial charge in [0.25, 0.3) is 0 Å². The zero-order valence-corrected chi connectivity index (χ0v) is 9.29. The number of halogens is 1. The van der Waals surface area contributed by atoms with Crippen LogP contribution in [0.15, 0.2) is 0 Å². The maximum absolute atomic E-state index is 4.41. The van der Waals surface area contributed by atoms with Crippen molar-refractivity contribution in [3.8, 4) is 0 Å². The maximum atomic E-state index is 4.41. The van der Waals surface area contributed by atoms with Gasteiger partial charge in [0.05, 0.1) is 5.69 Å². The molecule has 0 aliphatic carbocycles. The van der Waals surface area contributed by atoms with Crippen molar-refractivity contribution in [3.63, 3.8) is 0 Å². The van der Waals surface area contributed by atoms with Crippen molar-refractivity contribution in [2.45, 2.75) is 20.0 Å². The standard InChI is InChI=1S/C8H10IN3/c1-5-10-7-4-12(2)3-6(7)8(9)11-5/h3-4H2,1-2H3. The van der Waals surface area contributed by atoms with Gasteiger partial charge in [0.2, 0.25) is 0 Å². The number of rotatable bonds is 0. The van der Waals surface area contributed by atoms with Gasteiger partial charge in [-0.1, -0.05) is 0 Å². The summed E-state index contributed by atoms with van der Waals surface area (Å²) < 4.78 is 1.11. The van der Waals surface area contributed by atoms with Gasteiger partial charge in [0.1, 0.15) is 9.53 Å². The van der Waals surface area contributed by atoms with Crippen molar-refractivity contribution < 1.29 is 0 Å². The normalized spacial score (nSPS) is 16.6. The van der Waals surface area contributed by atoms with Crippen molar-refractivity contribution >= 4 is 22.6 Å². The van der Waals surface area contributed by atoms with E-state index < -0.39 is 0 Å².